The first-order chi connectivity index (χ1) is 20.8. The van der Waals surface area contributed by atoms with Crippen molar-refractivity contribution in [3.63, 3.8) is 0 Å². The van der Waals surface area contributed by atoms with E-state index in [1.807, 2.05) is 12.1 Å². The summed E-state index contributed by atoms with van der Waals surface area (Å²) in [5, 5.41) is 3.57. The SMILES string of the molecule is CC(C)CN1CCN(c2ccc3c(C(=O)NCC(c4cnc(C(F)(F)F)nc4)N4CCC(F)(F)CC4)c(Cl)ccc3n2)CC1. The van der Waals surface area contributed by atoms with Crippen LogP contribution >= 0.6 is 11.6 Å². The van der Waals surface area contributed by atoms with Crippen LogP contribution in [0, 0.1) is 5.92 Å². The van der Waals surface area contributed by atoms with Gasteiger partial charge in [0.1, 0.15) is 5.82 Å². The molecule has 2 aliphatic heterocycles. The standard InChI is InChI=1S/C30H35ClF5N7O/c1-19(2)18-41-11-13-43(14-12-41)25-6-3-21-23(40-25)5-4-22(31)26(21)27(44)37-17-24(42-9-7-29(32,33)8-10-42)20-15-38-28(39-16-20)30(34,35)36/h3-6,15-16,19,24H,7-14,17-18H2,1-2H3,(H,37,44). The summed E-state index contributed by atoms with van der Waals surface area (Å²) in [6.45, 7) is 8.89. The van der Waals surface area contributed by atoms with Gasteiger partial charge in [0.2, 0.25) is 5.82 Å². The second-order valence-corrected chi connectivity index (χ2v) is 12.2. The predicted octanol–water partition coefficient (Wildman–Crippen LogP) is 5.68. The summed E-state index contributed by atoms with van der Waals surface area (Å²) in [7, 11) is 0. The molecule has 1 atom stereocenters. The molecule has 4 heterocycles. The quantitative estimate of drug-likeness (QED) is 0.318. The number of anilines is 1. The Morgan fingerprint density at radius 3 is 2.27 bits per heavy atom. The Bertz CT molecular complexity index is 1450. The van der Waals surface area contributed by atoms with Crippen LogP contribution in [0.4, 0.5) is 27.8 Å². The minimum absolute atomic E-state index is 0.0119. The molecule has 8 nitrogen and oxygen atoms in total. The highest BCUT2D eigenvalue weighted by atomic mass is 35.5. The molecule has 238 valence electrons. The highest BCUT2D eigenvalue weighted by Crippen LogP contribution is 2.33. The largest absolute Gasteiger partial charge is 0.451 e. The zero-order valence-electron chi connectivity index (χ0n) is 24.5. The maximum atomic E-state index is 13.9. The zero-order valence-corrected chi connectivity index (χ0v) is 25.3. The van der Waals surface area contributed by atoms with E-state index in [1.165, 1.54) is 0 Å². The van der Waals surface area contributed by atoms with Crippen molar-refractivity contribution in [3.8, 4) is 0 Å². The monoisotopic (exact) mass is 639 g/mol. The van der Waals surface area contributed by atoms with Gasteiger partial charge in [-0.3, -0.25) is 14.6 Å². The number of alkyl halides is 5. The number of likely N-dealkylation sites (tertiary alicyclic amines) is 1. The molecule has 44 heavy (non-hydrogen) atoms. The Hall–Kier alpha value is -3.16. The lowest BCUT2D eigenvalue weighted by Gasteiger charge is -2.37. The average Bonchev–Trinajstić information content (AvgIpc) is 2.97. The number of hydrogen-bond donors (Lipinski definition) is 1. The Morgan fingerprint density at radius 1 is 1.00 bits per heavy atom. The summed E-state index contributed by atoms with van der Waals surface area (Å²) in [6.07, 6.45) is -3.49. The minimum Gasteiger partial charge on any atom is -0.354 e. The van der Waals surface area contributed by atoms with Crippen LogP contribution in [0.25, 0.3) is 10.9 Å². The molecule has 0 spiro atoms. The number of amides is 1. The van der Waals surface area contributed by atoms with Crippen LogP contribution in [-0.2, 0) is 6.18 Å². The Labute approximate surface area is 257 Å². The van der Waals surface area contributed by atoms with Gasteiger partial charge < -0.3 is 10.2 Å². The Kier molecular flexibility index (Phi) is 9.57. The molecule has 0 radical (unpaired) electrons. The maximum absolute atomic E-state index is 13.9. The Morgan fingerprint density at radius 2 is 1.66 bits per heavy atom. The van der Waals surface area contributed by atoms with Gasteiger partial charge in [0.25, 0.3) is 11.8 Å². The highest BCUT2D eigenvalue weighted by molar-refractivity contribution is 6.35. The van der Waals surface area contributed by atoms with E-state index in [0.717, 1.165) is 50.9 Å². The first-order valence-corrected chi connectivity index (χ1v) is 15.0. The van der Waals surface area contributed by atoms with Crippen LogP contribution in [0.3, 0.4) is 0 Å². The molecular formula is C30H35ClF5N7O. The fourth-order valence-electron chi connectivity index (χ4n) is 5.80. The third-order valence-electron chi connectivity index (χ3n) is 8.09. The van der Waals surface area contributed by atoms with Gasteiger partial charge >= 0.3 is 6.18 Å². The number of pyridine rings is 1. The number of carbonyl (C=O) groups is 1. The second kappa shape index (κ2) is 13.1. The van der Waals surface area contributed by atoms with E-state index in [1.54, 1.807) is 17.0 Å². The lowest BCUT2D eigenvalue weighted by molar-refractivity contribution is -0.145. The number of nitrogens with one attached hydrogen (secondary N) is 1. The molecule has 2 aliphatic rings. The van der Waals surface area contributed by atoms with E-state index >= 15 is 0 Å². The number of carbonyl (C=O) groups excluding carboxylic acids is 1. The minimum atomic E-state index is -4.73. The van der Waals surface area contributed by atoms with Crippen molar-refractivity contribution in [2.45, 2.75) is 44.8 Å². The molecule has 2 fully saturated rings. The van der Waals surface area contributed by atoms with Crippen LogP contribution in [-0.4, -0.2) is 88.9 Å². The number of rotatable bonds is 8. The summed E-state index contributed by atoms with van der Waals surface area (Å²) in [5.41, 5.74) is 1.07. The van der Waals surface area contributed by atoms with Crippen molar-refractivity contribution >= 4 is 34.2 Å². The average molecular weight is 640 g/mol. The van der Waals surface area contributed by atoms with Gasteiger partial charge in [-0.15, -0.1) is 0 Å². The molecule has 0 aliphatic carbocycles. The van der Waals surface area contributed by atoms with Crippen LogP contribution in [0.15, 0.2) is 36.7 Å². The molecule has 5 rings (SSSR count). The van der Waals surface area contributed by atoms with E-state index in [9.17, 15) is 26.7 Å². The predicted molar refractivity (Wildman–Crippen MR) is 158 cm³/mol. The van der Waals surface area contributed by atoms with E-state index < -0.39 is 42.7 Å². The van der Waals surface area contributed by atoms with Gasteiger partial charge in [-0.2, -0.15) is 13.2 Å². The molecule has 1 aromatic carbocycles. The highest BCUT2D eigenvalue weighted by Gasteiger charge is 2.38. The first kappa shape index (κ1) is 32.2. The molecule has 1 N–H and O–H groups in total. The number of halogens is 6. The number of hydrogen-bond acceptors (Lipinski definition) is 7. The molecule has 0 saturated carbocycles. The Balaban J connectivity index is 1.34. The van der Waals surface area contributed by atoms with Crippen LogP contribution in [0.5, 0.6) is 0 Å². The number of aromatic nitrogens is 3. The summed E-state index contributed by atoms with van der Waals surface area (Å²) in [5.74, 6) is -3.25. The summed E-state index contributed by atoms with van der Waals surface area (Å²) in [6, 6.07) is 6.30. The third kappa shape index (κ3) is 7.55. The second-order valence-electron chi connectivity index (χ2n) is 11.8. The van der Waals surface area contributed by atoms with Crippen molar-refractivity contribution in [1.29, 1.82) is 0 Å². The van der Waals surface area contributed by atoms with Gasteiger partial charge in [0.05, 0.1) is 22.1 Å². The van der Waals surface area contributed by atoms with Crippen molar-refractivity contribution in [2.24, 2.45) is 5.92 Å². The number of piperidine rings is 1. The summed E-state index contributed by atoms with van der Waals surface area (Å²) in [4.78, 5) is 31.6. The van der Waals surface area contributed by atoms with Crippen LogP contribution in [0.1, 0.15) is 54.5 Å². The fourth-order valence-corrected chi connectivity index (χ4v) is 6.05. The molecule has 2 saturated heterocycles. The molecule has 0 bridgehead atoms. The maximum Gasteiger partial charge on any atom is 0.451 e. The van der Waals surface area contributed by atoms with Crippen LogP contribution in [0.2, 0.25) is 5.02 Å². The van der Waals surface area contributed by atoms with Crippen molar-refractivity contribution in [2.75, 3.05) is 57.3 Å². The van der Waals surface area contributed by atoms with Gasteiger partial charge in [0.15, 0.2) is 0 Å². The van der Waals surface area contributed by atoms with E-state index in [2.05, 4.69) is 38.9 Å². The topological polar surface area (TPSA) is 77.5 Å². The lowest BCUT2D eigenvalue weighted by atomic mass is 10.0. The lowest BCUT2D eigenvalue weighted by Crippen LogP contribution is -2.47. The van der Waals surface area contributed by atoms with E-state index in [0.29, 0.717) is 16.8 Å². The van der Waals surface area contributed by atoms with Crippen molar-refractivity contribution < 1.29 is 26.7 Å². The smallest absolute Gasteiger partial charge is 0.354 e. The molecule has 1 amide bonds. The molecule has 14 heteroatoms. The fraction of sp³-hybridized carbons (Fsp3) is 0.533. The first-order valence-electron chi connectivity index (χ1n) is 14.7. The van der Waals surface area contributed by atoms with E-state index in [-0.39, 0.29) is 35.8 Å². The summed E-state index contributed by atoms with van der Waals surface area (Å²) < 4.78 is 67.0. The van der Waals surface area contributed by atoms with Gasteiger partial charge in [-0.05, 0) is 30.2 Å². The zero-order chi connectivity index (χ0) is 31.6. The number of piperazine rings is 1. The van der Waals surface area contributed by atoms with Crippen molar-refractivity contribution in [3.05, 3.63) is 58.6 Å². The number of nitrogens with zero attached hydrogens (tertiary/aromatic N) is 6. The van der Waals surface area contributed by atoms with Crippen molar-refractivity contribution in [1.82, 2.24) is 30.1 Å². The van der Waals surface area contributed by atoms with Gasteiger partial charge in [0, 0.05) is 88.5 Å². The molecule has 1 unspecified atom stereocenters. The van der Waals surface area contributed by atoms with Gasteiger partial charge in [-0.1, -0.05) is 25.4 Å². The number of fused-ring (bicyclic) bond motifs is 1. The summed E-state index contributed by atoms with van der Waals surface area (Å²) >= 11 is 6.49. The third-order valence-corrected chi connectivity index (χ3v) is 8.40. The number of benzene rings is 1. The van der Waals surface area contributed by atoms with Gasteiger partial charge in [-0.25, -0.2) is 23.7 Å². The van der Waals surface area contributed by atoms with Crippen LogP contribution < -0.4 is 10.2 Å². The molecule has 2 aromatic heterocycles. The molecular weight excluding hydrogens is 605 g/mol. The van der Waals surface area contributed by atoms with E-state index in [4.69, 9.17) is 16.6 Å². The molecule has 3 aromatic rings. The normalized spacial score (nSPS) is 19.0.